The molecular formula is C20H22F2N4O2S. The van der Waals surface area contributed by atoms with Gasteiger partial charge in [0.2, 0.25) is 11.8 Å². The molecule has 2 aromatic rings. The fourth-order valence-electron chi connectivity index (χ4n) is 3.80. The minimum absolute atomic E-state index is 0.0927. The number of nitrogens with zero attached hydrogens (tertiary/aromatic N) is 3. The molecule has 1 atom stereocenters. The van der Waals surface area contributed by atoms with Crippen LogP contribution in [-0.2, 0) is 22.4 Å². The molecule has 1 aliphatic carbocycles. The van der Waals surface area contributed by atoms with Gasteiger partial charge in [0.15, 0.2) is 5.13 Å². The summed E-state index contributed by atoms with van der Waals surface area (Å²) in [6.45, 7) is 4.47. The van der Waals surface area contributed by atoms with E-state index in [0.29, 0.717) is 32.4 Å². The Bertz CT molecular complexity index is 920. The van der Waals surface area contributed by atoms with Gasteiger partial charge in [-0.25, -0.2) is 13.8 Å². The van der Waals surface area contributed by atoms with Crippen molar-refractivity contribution in [1.29, 1.82) is 0 Å². The Balaban J connectivity index is 1.40. The van der Waals surface area contributed by atoms with Gasteiger partial charge in [0.25, 0.3) is 0 Å². The number of rotatable bonds is 3. The van der Waals surface area contributed by atoms with Crippen molar-refractivity contribution >= 4 is 34.0 Å². The quantitative estimate of drug-likeness (QED) is 0.829. The fourth-order valence-corrected chi connectivity index (χ4v) is 5.04. The monoisotopic (exact) mass is 420 g/mol. The second kappa shape index (κ2) is 8.06. The summed E-state index contributed by atoms with van der Waals surface area (Å²) in [4.78, 5) is 33.9. The summed E-state index contributed by atoms with van der Waals surface area (Å²) in [6, 6.07) is 3.00. The molecule has 1 aliphatic heterocycles. The van der Waals surface area contributed by atoms with Gasteiger partial charge in [-0.3, -0.25) is 9.59 Å². The Morgan fingerprint density at radius 3 is 2.48 bits per heavy atom. The summed E-state index contributed by atoms with van der Waals surface area (Å²) in [6.07, 6.45) is 1.93. The number of halogens is 2. The topological polar surface area (TPSA) is 65.5 Å². The summed E-state index contributed by atoms with van der Waals surface area (Å²) in [7, 11) is 0. The number of anilines is 2. The zero-order valence-corrected chi connectivity index (χ0v) is 16.9. The van der Waals surface area contributed by atoms with E-state index in [1.807, 2.05) is 4.90 Å². The van der Waals surface area contributed by atoms with Crippen molar-refractivity contribution in [2.45, 2.75) is 26.2 Å². The highest BCUT2D eigenvalue weighted by Gasteiger charge is 2.29. The predicted octanol–water partition coefficient (Wildman–Crippen LogP) is 2.83. The first-order valence-corrected chi connectivity index (χ1v) is 10.5. The van der Waals surface area contributed by atoms with Crippen LogP contribution in [0.4, 0.5) is 19.6 Å². The van der Waals surface area contributed by atoms with E-state index in [9.17, 15) is 18.4 Å². The number of thiazole rings is 1. The average Bonchev–Trinajstić information content (AvgIpc) is 3.10. The molecular weight excluding hydrogens is 398 g/mol. The van der Waals surface area contributed by atoms with Gasteiger partial charge in [0.1, 0.15) is 11.6 Å². The average molecular weight is 420 g/mol. The maximum atomic E-state index is 13.3. The summed E-state index contributed by atoms with van der Waals surface area (Å²) in [5.74, 6) is -1.83. The van der Waals surface area contributed by atoms with Gasteiger partial charge < -0.3 is 15.1 Å². The van der Waals surface area contributed by atoms with Crippen molar-refractivity contribution in [3.63, 3.8) is 0 Å². The normalized spacial score (nSPS) is 19.1. The van der Waals surface area contributed by atoms with E-state index in [1.165, 1.54) is 0 Å². The van der Waals surface area contributed by atoms with Gasteiger partial charge in [-0.2, -0.15) is 0 Å². The first kappa shape index (κ1) is 19.8. The summed E-state index contributed by atoms with van der Waals surface area (Å²) in [5, 5.41) is 3.56. The maximum Gasteiger partial charge on any atom is 0.227 e. The Morgan fingerprint density at radius 2 is 1.83 bits per heavy atom. The van der Waals surface area contributed by atoms with E-state index in [-0.39, 0.29) is 23.4 Å². The number of nitrogens with one attached hydrogen (secondary N) is 1. The molecule has 6 nitrogen and oxygen atoms in total. The van der Waals surface area contributed by atoms with Crippen molar-refractivity contribution in [3.05, 3.63) is 40.4 Å². The van der Waals surface area contributed by atoms with Crippen molar-refractivity contribution in [3.8, 4) is 0 Å². The zero-order valence-electron chi connectivity index (χ0n) is 16.1. The number of carbonyl (C=O) groups is 2. The van der Waals surface area contributed by atoms with Gasteiger partial charge in [-0.15, -0.1) is 11.3 Å². The van der Waals surface area contributed by atoms with Crippen LogP contribution in [0.5, 0.6) is 0 Å². The molecule has 9 heteroatoms. The number of aromatic nitrogens is 1. The van der Waals surface area contributed by atoms with Gasteiger partial charge >= 0.3 is 0 Å². The molecule has 2 heterocycles. The lowest BCUT2D eigenvalue weighted by Gasteiger charge is -2.33. The van der Waals surface area contributed by atoms with Crippen LogP contribution in [-0.4, -0.2) is 47.9 Å². The second-order valence-corrected chi connectivity index (χ2v) is 8.51. The predicted molar refractivity (Wildman–Crippen MR) is 107 cm³/mol. The van der Waals surface area contributed by atoms with Crippen LogP contribution in [0.15, 0.2) is 18.2 Å². The fraction of sp³-hybridized carbons (Fsp3) is 0.450. The van der Waals surface area contributed by atoms with Crippen LogP contribution in [0.25, 0.3) is 0 Å². The minimum atomic E-state index is -0.719. The number of fused-ring (bicyclic) bond motifs is 1. The lowest BCUT2D eigenvalue weighted by Crippen LogP contribution is -2.48. The van der Waals surface area contributed by atoms with E-state index in [2.05, 4.69) is 10.2 Å². The zero-order chi connectivity index (χ0) is 20.5. The molecule has 1 aromatic heterocycles. The molecule has 29 heavy (non-hydrogen) atoms. The SMILES string of the molecule is CC(=O)N1CCN(c2nc3c(s2)CC(C(=O)Nc2cc(F)cc(F)c2)CC3)CC1. The Labute approximate surface area is 171 Å². The summed E-state index contributed by atoms with van der Waals surface area (Å²) in [5.41, 5.74) is 1.16. The largest absolute Gasteiger partial charge is 0.345 e. The molecule has 1 fully saturated rings. The molecule has 0 radical (unpaired) electrons. The van der Waals surface area contributed by atoms with Crippen LogP contribution >= 0.6 is 11.3 Å². The molecule has 0 bridgehead atoms. The molecule has 0 spiro atoms. The van der Waals surface area contributed by atoms with Crippen molar-refractivity contribution in [2.24, 2.45) is 5.92 Å². The van der Waals surface area contributed by atoms with Crippen LogP contribution in [0.1, 0.15) is 23.9 Å². The number of piperazine rings is 1. The third-order valence-electron chi connectivity index (χ3n) is 5.42. The minimum Gasteiger partial charge on any atom is -0.345 e. The number of carbonyl (C=O) groups excluding carboxylic acids is 2. The van der Waals surface area contributed by atoms with E-state index in [0.717, 1.165) is 47.0 Å². The Hall–Kier alpha value is -2.55. The summed E-state index contributed by atoms with van der Waals surface area (Å²) >= 11 is 1.60. The van der Waals surface area contributed by atoms with Crippen LogP contribution < -0.4 is 10.2 Å². The van der Waals surface area contributed by atoms with E-state index >= 15 is 0 Å². The van der Waals surface area contributed by atoms with Gasteiger partial charge in [-0.05, 0) is 31.4 Å². The molecule has 1 N–H and O–H groups in total. The smallest absolute Gasteiger partial charge is 0.227 e. The third-order valence-corrected chi connectivity index (χ3v) is 6.61. The van der Waals surface area contributed by atoms with Crippen LogP contribution in [0.2, 0.25) is 0 Å². The lowest BCUT2D eigenvalue weighted by atomic mass is 9.90. The van der Waals surface area contributed by atoms with Crippen molar-refractivity contribution < 1.29 is 18.4 Å². The van der Waals surface area contributed by atoms with Crippen LogP contribution in [0.3, 0.4) is 0 Å². The number of amides is 2. The highest BCUT2D eigenvalue weighted by molar-refractivity contribution is 7.15. The first-order chi connectivity index (χ1) is 13.9. The van der Waals surface area contributed by atoms with E-state index in [1.54, 1.807) is 18.3 Å². The van der Waals surface area contributed by atoms with Crippen molar-refractivity contribution in [2.75, 3.05) is 36.4 Å². The molecule has 2 amide bonds. The Kier molecular flexibility index (Phi) is 5.49. The van der Waals surface area contributed by atoms with Crippen LogP contribution in [0, 0.1) is 17.6 Å². The molecule has 2 aliphatic rings. The van der Waals surface area contributed by atoms with E-state index < -0.39 is 11.6 Å². The Morgan fingerprint density at radius 1 is 1.14 bits per heavy atom. The lowest BCUT2D eigenvalue weighted by molar-refractivity contribution is -0.129. The van der Waals surface area contributed by atoms with Crippen molar-refractivity contribution in [1.82, 2.24) is 9.88 Å². The number of aryl methyl sites for hydroxylation is 1. The molecule has 4 rings (SSSR count). The molecule has 1 saturated heterocycles. The molecule has 1 aromatic carbocycles. The highest BCUT2D eigenvalue weighted by atomic mass is 32.1. The number of hydrogen-bond donors (Lipinski definition) is 1. The standard InChI is InChI=1S/C20H22F2N4O2S/c1-12(27)25-4-6-26(7-5-25)20-24-17-3-2-13(8-18(17)29-20)19(28)23-16-10-14(21)9-15(22)11-16/h9-11,13H,2-8H2,1H3,(H,23,28). The molecule has 154 valence electrons. The second-order valence-electron chi connectivity index (χ2n) is 7.45. The number of hydrogen-bond acceptors (Lipinski definition) is 5. The third kappa shape index (κ3) is 4.39. The van der Waals surface area contributed by atoms with Gasteiger partial charge in [0.05, 0.1) is 5.69 Å². The highest BCUT2D eigenvalue weighted by Crippen LogP contribution is 2.35. The number of benzene rings is 1. The molecule has 1 unspecified atom stereocenters. The molecule has 0 saturated carbocycles. The van der Waals surface area contributed by atoms with Gasteiger partial charge in [-0.1, -0.05) is 0 Å². The first-order valence-electron chi connectivity index (χ1n) is 9.65. The van der Waals surface area contributed by atoms with E-state index in [4.69, 9.17) is 4.98 Å². The maximum absolute atomic E-state index is 13.3. The van der Waals surface area contributed by atoms with Gasteiger partial charge in [0, 0.05) is 55.7 Å². The summed E-state index contributed by atoms with van der Waals surface area (Å²) < 4.78 is 26.7.